The van der Waals surface area contributed by atoms with E-state index < -0.39 is 0 Å². The number of hydrogen-bond donors (Lipinski definition) is 0. The van der Waals surface area contributed by atoms with Crippen LogP contribution >= 0.6 is 23.2 Å². The Hall–Kier alpha value is -1.83. The van der Waals surface area contributed by atoms with Crippen LogP contribution in [0.2, 0.25) is 10.0 Å². The number of nitriles is 1. The fourth-order valence-corrected chi connectivity index (χ4v) is 1.90. The summed E-state index contributed by atoms with van der Waals surface area (Å²) in [6.07, 6.45) is 3.03. The molecule has 0 aliphatic rings. The van der Waals surface area contributed by atoms with Crippen LogP contribution in [0.5, 0.6) is 0 Å². The Bertz CT molecular complexity index is 643. The predicted molar refractivity (Wildman–Crippen MR) is 67.7 cm³/mol. The van der Waals surface area contributed by atoms with Gasteiger partial charge in [-0.3, -0.25) is 4.79 Å². The maximum absolute atomic E-state index is 12.1. The van der Waals surface area contributed by atoms with Crippen molar-refractivity contribution in [3.63, 3.8) is 0 Å². The van der Waals surface area contributed by atoms with Crippen molar-refractivity contribution < 1.29 is 4.79 Å². The number of benzene rings is 1. The average Bonchev–Trinajstić information content (AvgIpc) is 2.79. The molecule has 0 saturated carbocycles. The Morgan fingerprint density at radius 3 is 2.94 bits per heavy atom. The molecule has 1 aromatic heterocycles. The van der Waals surface area contributed by atoms with E-state index >= 15 is 0 Å². The second-order valence-electron chi connectivity index (χ2n) is 3.54. The minimum atomic E-state index is -0.225. The van der Waals surface area contributed by atoms with E-state index in [0.29, 0.717) is 15.6 Å². The third-order valence-corrected chi connectivity index (χ3v) is 2.92. The van der Waals surface area contributed by atoms with Gasteiger partial charge in [0.05, 0.1) is 11.6 Å². The number of halogens is 2. The monoisotopic (exact) mass is 279 g/mol. The molecule has 0 saturated heterocycles. The SMILES string of the molecule is N#Cc1nccn1CC(=O)c1cc(Cl)ccc1Cl. The van der Waals surface area contributed by atoms with E-state index in [9.17, 15) is 4.79 Å². The second-order valence-corrected chi connectivity index (χ2v) is 4.38. The molecule has 1 aromatic carbocycles. The number of rotatable bonds is 3. The molecule has 2 aromatic rings. The van der Waals surface area contributed by atoms with E-state index in [0.717, 1.165) is 0 Å². The molecule has 1 heterocycles. The van der Waals surface area contributed by atoms with Gasteiger partial charge in [-0.05, 0) is 18.2 Å². The summed E-state index contributed by atoms with van der Waals surface area (Å²) in [6, 6.07) is 6.58. The van der Waals surface area contributed by atoms with Crippen molar-refractivity contribution in [3.05, 3.63) is 52.0 Å². The lowest BCUT2D eigenvalue weighted by molar-refractivity contribution is 0.0972. The molecule has 0 aliphatic heterocycles. The minimum Gasteiger partial charge on any atom is -0.315 e. The van der Waals surface area contributed by atoms with Gasteiger partial charge in [0.25, 0.3) is 0 Å². The first-order valence-electron chi connectivity index (χ1n) is 5.01. The highest BCUT2D eigenvalue weighted by Gasteiger charge is 2.13. The number of ketones is 1. The van der Waals surface area contributed by atoms with Crippen molar-refractivity contribution >= 4 is 29.0 Å². The van der Waals surface area contributed by atoms with Gasteiger partial charge in [-0.25, -0.2) is 4.98 Å². The number of carbonyl (C=O) groups excluding carboxylic acids is 1. The number of aromatic nitrogens is 2. The van der Waals surface area contributed by atoms with E-state index in [-0.39, 0.29) is 18.2 Å². The van der Waals surface area contributed by atoms with E-state index in [4.69, 9.17) is 28.5 Å². The molecule has 0 fully saturated rings. The molecule has 18 heavy (non-hydrogen) atoms. The van der Waals surface area contributed by atoms with Crippen molar-refractivity contribution in [2.45, 2.75) is 6.54 Å². The van der Waals surface area contributed by atoms with Crippen molar-refractivity contribution in [1.29, 1.82) is 5.26 Å². The van der Waals surface area contributed by atoms with Gasteiger partial charge in [-0.1, -0.05) is 23.2 Å². The van der Waals surface area contributed by atoms with Crippen LogP contribution in [0.4, 0.5) is 0 Å². The molecular weight excluding hydrogens is 273 g/mol. The first-order valence-corrected chi connectivity index (χ1v) is 5.77. The van der Waals surface area contributed by atoms with Crippen LogP contribution in [0.25, 0.3) is 0 Å². The van der Waals surface area contributed by atoms with Crippen LogP contribution in [-0.2, 0) is 6.54 Å². The van der Waals surface area contributed by atoms with Crippen LogP contribution in [0.1, 0.15) is 16.2 Å². The highest BCUT2D eigenvalue weighted by molar-refractivity contribution is 6.35. The van der Waals surface area contributed by atoms with Crippen molar-refractivity contribution in [3.8, 4) is 6.07 Å². The van der Waals surface area contributed by atoms with Crippen molar-refractivity contribution in [1.82, 2.24) is 9.55 Å². The molecule has 0 spiro atoms. The molecule has 0 radical (unpaired) electrons. The number of nitrogens with zero attached hydrogens (tertiary/aromatic N) is 3. The minimum absolute atomic E-state index is 0.00293. The number of Topliss-reactive ketones (excluding diaryl/α,β-unsaturated/α-hetero) is 1. The van der Waals surface area contributed by atoms with E-state index in [1.807, 2.05) is 6.07 Å². The first kappa shape index (κ1) is 12.6. The second kappa shape index (κ2) is 5.21. The third-order valence-electron chi connectivity index (χ3n) is 2.36. The van der Waals surface area contributed by atoms with E-state index in [1.165, 1.54) is 16.8 Å². The third kappa shape index (κ3) is 2.53. The maximum Gasteiger partial charge on any atom is 0.213 e. The zero-order chi connectivity index (χ0) is 13.1. The predicted octanol–water partition coefficient (Wildman–Crippen LogP) is 2.94. The Morgan fingerprint density at radius 2 is 2.22 bits per heavy atom. The van der Waals surface area contributed by atoms with Crippen LogP contribution in [0.3, 0.4) is 0 Å². The van der Waals surface area contributed by atoms with Gasteiger partial charge < -0.3 is 4.57 Å². The number of carbonyl (C=O) groups is 1. The molecule has 0 aliphatic carbocycles. The zero-order valence-electron chi connectivity index (χ0n) is 9.10. The summed E-state index contributed by atoms with van der Waals surface area (Å²) in [7, 11) is 0. The molecule has 0 N–H and O–H groups in total. The summed E-state index contributed by atoms with van der Waals surface area (Å²) < 4.78 is 1.46. The molecular formula is C12H7Cl2N3O. The Balaban J connectivity index is 2.28. The summed E-state index contributed by atoms with van der Waals surface area (Å²) in [6.45, 7) is 0.00293. The summed E-state index contributed by atoms with van der Waals surface area (Å²) >= 11 is 11.8. The molecule has 0 amide bonds. The maximum atomic E-state index is 12.1. The fraction of sp³-hybridized carbons (Fsp3) is 0.0833. The number of hydrogen-bond acceptors (Lipinski definition) is 3. The topological polar surface area (TPSA) is 58.7 Å². The molecule has 4 nitrogen and oxygen atoms in total. The van der Waals surface area contributed by atoms with Gasteiger partial charge in [0.2, 0.25) is 5.82 Å². The lowest BCUT2D eigenvalue weighted by atomic mass is 10.1. The van der Waals surface area contributed by atoms with Crippen LogP contribution < -0.4 is 0 Å². The zero-order valence-corrected chi connectivity index (χ0v) is 10.6. The Kier molecular flexibility index (Phi) is 3.66. The van der Waals surface area contributed by atoms with Gasteiger partial charge in [-0.15, -0.1) is 0 Å². The highest BCUT2D eigenvalue weighted by Crippen LogP contribution is 2.21. The Labute approximate surface area is 113 Å². The lowest BCUT2D eigenvalue weighted by Crippen LogP contribution is -2.11. The Morgan fingerprint density at radius 1 is 1.44 bits per heavy atom. The fourth-order valence-electron chi connectivity index (χ4n) is 1.50. The van der Waals surface area contributed by atoms with Gasteiger partial charge >= 0.3 is 0 Å². The molecule has 0 atom stereocenters. The average molecular weight is 280 g/mol. The van der Waals surface area contributed by atoms with E-state index in [1.54, 1.807) is 18.3 Å². The van der Waals surface area contributed by atoms with Crippen LogP contribution in [0.15, 0.2) is 30.6 Å². The lowest BCUT2D eigenvalue weighted by Gasteiger charge is -2.05. The summed E-state index contributed by atoms with van der Waals surface area (Å²) in [5.41, 5.74) is 0.335. The summed E-state index contributed by atoms with van der Waals surface area (Å²) in [4.78, 5) is 15.9. The summed E-state index contributed by atoms with van der Waals surface area (Å²) in [5, 5.41) is 9.57. The normalized spacial score (nSPS) is 10.1. The first-order chi connectivity index (χ1) is 8.61. The quantitative estimate of drug-likeness (QED) is 0.812. The van der Waals surface area contributed by atoms with Gasteiger partial charge in [0.1, 0.15) is 6.07 Å². The largest absolute Gasteiger partial charge is 0.315 e. The molecule has 90 valence electrons. The molecule has 2 rings (SSSR count). The van der Waals surface area contributed by atoms with Crippen molar-refractivity contribution in [2.24, 2.45) is 0 Å². The highest BCUT2D eigenvalue weighted by atomic mass is 35.5. The van der Waals surface area contributed by atoms with Crippen LogP contribution in [-0.4, -0.2) is 15.3 Å². The smallest absolute Gasteiger partial charge is 0.213 e. The van der Waals surface area contributed by atoms with E-state index in [2.05, 4.69) is 4.98 Å². The van der Waals surface area contributed by atoms with Gasteiger partial charge in [0, 0.05) is 23.0 Å². The van der Waals surface area contributed by atoms with Gasteiger partial charge in [0.15, 0.2) is 5.78 Å². The van der Waals surface area contributed by atoms with Crippen molar-refractivity contribution in [2.75, 3.05) is 0 Å². The molecule has 0 bridgehead atoms. The van der Waals surface area contributed by atoms with Crippen LogP contribution in [0, 0.1) is 11.3 Å². The van der Waals surface area contributed by atoms with Gasteiger partial charge in [-0.2, -0.15) is 5.26 Å². The standard InChI is InChI=1S/C12H7Cl2N3O/c13-8-1-2-10(14)9(5-8)11(18)7-17-4-3-16-12(17)6-15/h1-5H,7H2. The summed E-state index contributed by atoms with van der Waals surface area (Å²) in [5.74, 6) is -0.0431. The number of imidazole rings is 1. The molecule has 6 heteroatoms. The molecule has 0 unspecified atom stereocenters.